The first-order chi connectivity index (χ1) is 9.26. The molecule has 0 aliphatic carbocycles. The molecule has 0 aliphatic rings. The van der Waals surface area contributed by atoms with Crippen molar-refractivity contribution in [3.05, 3.63) is 28.7 Å². The van der Waals surface area contributed by atoms with E-state index in [4.69, 9.17) is 0 Å². The van der Waals surface area contributed by atoms with Crippen molar-refractivity contribution in [2.24, 2.45) is 4.99 Å². The van der Waals surface area contributed by atoms with Gasteiger partial charge in [-0.25, -0.2) is 4.98 Å². The minimum Gasteiger partial charge on any atom is -0.357 e. The van der Waals surface area contributed by atoms with Gasteiger partial charge in [0.1, 0.15) is 0 Å². The van der Waals surface area contributed by atoms with Crippen LogP contribution in [0.5, 0.6) is 0 Å². The van der Waals surface area contributed by atoms with Gasteiger partial charge in [-0.05, 0) is 33.1 Å². The molecule has 0 saturated carbocycles. The molecule has 1 aromatic heterocycles. The summed E-state index contributed by atoms with van der Waals surface area (Å²) in [5.74, 6) is 0.868. The van der Waals surface area contributed by atoms with Crippen LogP contribution in [0.25, 0.3) is 0 Å². The van der Waals surface area contributed by atoms with Crippen LogP contribution in [0, 0.1) is 6.92 Å². The van der Waals surface area contributed by atoms with Crippen LogP contribution in [-0.4, -0.2) is 30.6 Å². The maximum atomic E-state index is 4.52. The van der Waals surface area contributed by atoms with Crippen LogP contribution in [0.3, 0.4) is 0 Å². The lowest BCUT2D eigenvalue weighted by Crippen LogP contribution is -2.37. The van der Waals surface area contributed by atoms with Gasteiger partial charge in [-0.1, -0.05) is 6.08 Å². The molecule has 1 rings (SSSR count). The van der Waals surface area contributed by atoms with E-state index < -0.39 is 0 Å². The minimum atomic E-state index is 0.740. The van der Waals surface area contributed by atoms with E-state index in [0.29, 0.717) is 0 Å². The summed E-state index contributed by atoms with van der Waals surface area (Å²) in [4.78, 5) is 8.98. The summed E-state index contributed by atoms with van der Waals surface area (Å²) >= 11 is 1.75. The predicted octanol–water partition coefficient (Wildman–Crippen LogP) is 2.52. The summed E-state index contributed by atoms with van der Waals surface area (Å²) < 4.78 is 0. The summed E-state index contributed by atoms with van der Waals surface area (Å²) in [6.07, 6.45) is 5.11. The SMILES string of the molecule is C=CCNC(=NCCCCc1nc(C)cs1)NCC. The van der Waals surface area contributed by atoms with Crippen molar-refractivity contribution >= 4 is 17.3 Å². The Morgan fingerprint density at radius 2 is 2.32 bits per heavy atom. The quantitative estimate of drug-likeness (QED) is 0.333. The maximum absolute atomic E-state index is 4.52. The molecule has 0 radical (unpaired) electrons. The van der Waals surface area contributed by atoms with Gasteiger partial charge >= 0.3 is 0 Å². The van der Waals surface area contributed by atoms with Gasteiger partial charge in [0.15, 0.2) is 5.96 Å². The molecule has 19 heavy (non-hydrogen) atoms. The summed E-state index contributed by atoms with van der Waals surface area (Å²) in [6, 6.07) is 0. The molecule has 0 saturated heterocycles. The molecule has 0 amide bonds. The number of hydrogen-bond acceptors (Lipinski definition) is 3. The molecular weight excluding hydrogens is 256 g/mol. The average Bonchev–Trinajstić information content (AvgIpc) is 2.81. The van der Waals surface area contributed by atoms with Gasteiger partial charge in [0.05, 0.1) is 5.01 Å². The highest BCUT2D eigenvalue weighted by Crippen LogP contribution is 2.11. The average molecular weight is 280 g/mol. The fourth-order valence-corrected chi connectivity index (χ4v) is 2.43. The Morgan fingerprint density at radius 3 is 2.95 bits per heavy atom. The first-order valence-electron chi connectivity index (χ1n) is 6.80. The lowest BCUT2D eigenvalue weighted by molar-refractivity contribution is 0.732. The van der Waals surface area contributed by atoms with Gasteiger partial charge in [-0.2, -0.15) is 0 Å². The first-order valence-corrected chi connectivity index (χ1v) is 7.68. The molecule has 1 aromatic rings. The standard InChI is InChI=1S/C14H24N4S/c1-4-9-16-14(15-5-2)17-10-7-6-8-13-18-12(3)11-19-13/h4,11H,1,5-10H2,2-3H3,(H2,15,16,17). The van der Waals surface area contributed by atoms with Gasteiger partial charge in [0, 0.05) is 30.7 Å². The maximum Gasteiger partial charge on any atom is 0.191 e. The van der Waals surface area contributed by atoms with E-state index in [1.54, 1.807) is 11.3 Å². The molecular formula is C14H24N4S. The monoisotopic (exact) mass is 280 g/mol. The Bertz CT molecular complexity index is 398. The number of aromatic nitrogens is 1. The molecule has 1 heterocycles. The molecule has 0 unspecified atom stereocenters. The summed E-state index contributed by atoms with van der Waals surface area (Å²) in [5, 5.41) is 9.74. The van der Waals surface area contributed by atoms with Crippen LogP contribution in [0.4, 0.5) is 0 Å². The molecule has 0 atom stereocenters. The van der Waals surface area contributed by atoms with Crippen molar-refractivity contribution in [3.63, 3.8) is 0 Å². The zero-order valence-electron chi connectivity index (χ0n) is 11.9. The number of nitrogens with one attached hydrogen (secondary N) is 2. The Balaban J connectivity index is 2.20. The second-order valence-corrected chi connectivity index (χ2v) is 5.21. The second kappa shape index (κ2) is 9.55. The molecule has 106 valence electrons. The van der Waals surface area contributed by atoms with Crippen LogP contribution >= 0.6 is 11.3 Å². The predicted molar refractivity (Wildman–Crippen MR) is 84.0 cm³/mol. The molecule has 0 spiro atoms. The number of rotatable bonds is 8. The van der Waals surface area contributed by atoms with E-state index in [1.807, 2.05) is 13.0 Å². The van der Waals surface area contributed by atoms with E-state index in [9.17, 15) is 0 Å². The van der Waals surface area contributed by atoms with Crippen molar-refractivity contribution < 1.29 is 0 Å². The highest BCUT2D eigenvalue weighted by molar-refractivity contribution is 7.09. The third kappa shape index (κ3) is 6.96. The number of aliphatic imine (C=N–C) groups is 1. The van der Waals surface area contributed by atoms with Crippen molar-refractivity contribution in [1.29, 1.82) is 0 Å². The smallest absolute Gasteiger partial charge is 0.191 e. The van der Waals surface area contributed by atoms with E-state index in [0.717, 1.165) is 50.6 Å². The van der Waals surface area contributed by atoms with Gasteiger partial charge < -0.3 is 10.6 Å². The number of nitrogens with zero attached hydrogens (tertiary/aromatic N) is 2. The van der Waals surface area contributed by atoms with E-state index >= 15 is 0 Å². The molecule has 5 heteroatoms. The highest BCUT2D eigenvalue weighted by atomic mass is 32.1. The second-order valence-electron chi connectivity index (χ2n) is 4.27. The Morgan fingerprint density at radius 1 is 1.47 bits per heavy atom. The lowest BCUT2D eigenvalue weighted by Gasteiger charge is -2.09. The van der Waals surface area contributed by atoms with E-state index in [2.05, 4.69) is 39.5 Å². The highest BCUT2D eigenvalue weighted by Gasteiger charge is 1.98. The zero-order chi connectivity index (χ0) is 13.9. The lowest BCUT2D eigenvalue weighted by atomic mass is 10.2. The number of unbranched alkanes of at least 4 members (excludes halogenated alkanes) is 1. The Kier molecular flexibility index (Phi) is 7.89. The minimum absolute atomic E-state index is 0.740. The van der Waals surface area contributed by atoms with Crippen molar-refractivity contribution in [3.8, 4) is 0 Å². The Hall–Kier alpha value is -1.36. The molecule has 4 nitrogen and oxygen atoms in total. The van der Waals surface area contributed by atoms with Crippen LogP contribution in [-0.2, 0) is 6.42 Å². The number of aryl methyl sites for hydroxylation is 2. The number of thiazole rings is 1. The molecule has 0 fully saturated rings. The van der Waals surface area contributed by atoms with Crippen molar-refractivity contribution in [1.82, 2.24) is 15.6 Å². The van der Waals surface area contributed by atoms with Gasteiger partial charge in [0.25, 0.3) is 0 Å². The third-order valence-corrected chi connectivity index (χ3v) is 3.52. The number of guanidine groups is 1. The van der Waals surface area contributed by atoms with Crippen LogP contribution in [0.15, 0.2) is 23.0 Å². The molecule has 0 bridgehead atoms. The van der Waals surface area contributed by atoms with Crippen LogP contribution < -0.4 is 10.6 Å². The largest absolute Gasteiger partial charge is 0.357 e. The fraction of sp³-hybridized carbons (Fsp3) is 0.571. The number of hydrogen-bond donors (Lipinski definition) is 2. The zero-order valence-corrected chi connectivity index (χ0v) is 12.7. The molecule has 0 aromatic carbocycles. The van der Waals surface area contributed by atoms with Crippen molar-refractivity contribution in [2.75, 3.05) is 19.6 Å². The fourth-order valence-electron chi connectivity index (χ4n) is 1.61. The van der Waals surface area contributed by atoms with Gasteiger partial charge in [0.2, 0.25) is 0 Å². The van der Waals surface area contributed by atoms with E-state index in [1.165, 1.54) is 5.01 Å². The third-order valence-electron chi connectivity index (χ3n) is 2.49. The van der Waals surface area contributed by atoms with Gasteiger partial charge in [-0.3, -0.25) is 4.99 Å². The first kappa shape index (κ1) is 15.7. The van der Waals surface area contributed by atoms with Gasteiger partial charge in [-0.15, -0.1) is 17.9 Å². The van der Waals surface area contributed by atoms with Crippen molar-refractivity contribution in [2.45, 2.75) is 33.1 Å². The molecule has 0 aliphatic heterocycles. The Labute approximate surface area is 120 Å². The van der Waals surface area contributed by atoms with Crippen LogP contribution in [0.2, 0.25) is 0 Å². The van der Waals surface area contributed by atoms with E-state index in [-0.39, 0.29) is 0 Å². The summed E-state index contributed by atoms with van der Waals surface area (Å²) in [7, 11) is 0. The topological polar surface area (TPSA) is 49.3 Å². The normalized spacial score (nSPS) is 11.4. The summed E-state index contributed by atoms with van der Waals surface area (Å²) in [5.41, 5.74) is 1.13. The molecule has 2 N–H and O–H groups in total. The van der Waals surface area contributed by atoms with Crippen LogP contribution in [0.1, 0.15) is 30.5 Å². The summed E-state index contributed by atoms with van der Waals surface area (Å²) in [6.45, 7) is 10.3.